The van der Waals surface area contributed by atoms with Crippen molar-refractivity contribution in [3.8, 4) is 6.07 Å². The summed E-state index contributed by atoms with van der Waals surface area (Å²) >= 11 is 0. The molecule has 1 saturated heterocycles. The minimum absolute atomic E-state index is 0.0264. The van der Waals surface area contributed by atoms with Crippen LogP contribution in [0.4, 0.5) is 10.3 Å². The van der Waals surface area contributed by atoms with Gasteiger partial charge in [-0.2, -0.15) is 5.26 Å². The van der Waals surface area contributed by atoms with Crippen LogP contribution in [-0.4, -0.2) is 28.7 Å². The molecule has 7 heteroatoms. The summed E-state index contributed by atoms with van der Waals surface area (Å²) in [6.07, 6.45) is 6.86. The summed E-state index contributed by atoms with van der Waals surface area (Å²) in [5.41, 5.74) is 8.41. The molecule has 2 N–H and O–H groups in total. The highest BCUT2D eigenvalue weighted by atomic mass is 19.1. The normalized spacial score (nSPS) is 16.3. The summed E-state index contributed by atoms with van der Waals surface area (Å²) in [6.45, 7) is 1.62. The van der Waals surface area contributed by atoms with Crippen LogP contribution in [0.25, 0.3) is 12.2 Å². The average molecular weight is 429 g/mol. The Morgan fingerprint density at radius 3 is 2.72 bits per heavy atom. The van der Waals surface area contributed by atoms with E-state index in [2.05, 4.69) is 11.1 Å². The quantitative estimate of drug-likeness (QED) is 0.672. The van der Waals surface area contributed by atoms with E-state index in [-0.39, 0.29) is 24.0 Å². The van der Waals surface area contributed by atoms with Gasteiger partial charge in [-0.25, -0.2) is 9.37 Å². The second-order valence-electron chi connectivity index (χ2n) is 7.91. The molecule has 0 saturated carbocycles. The molecule has 162 valence electrons. The van der Waals surface area contributed by atoms with Gasteiger partial charge in [0.05, 0.1) is 23.7 Å². The number of hydrogen-bond acceptors (Lipinski definition) is 5. The number of piperidine rings is 1. The molecule has 0 amide bonds. The Kier molecular flexibility index (Phi) is 6.43. The molecule has 1 atom stereocenters. The van der Waals surface area contributed by atoms with Gasteiger partial charge in [-0.1, -0.05) is 36.4 Å². The minimum atomic E-state index is -0.313. The minimum Gasteiger partial charge on any atom is -0.341 e. The van der Waals surface area contributed by atoms with Crippen molar-refractivity contribution in [2.75, 3.05) is 18.0 Å². The smallest absolute Gasteiger partial charge is 0.262 e. The maximum Gasteiger partial charge on any atom is 0.262 e. The lowest BCUT2D eigenvalue weighted by atomic mass is 10.1. The number of benzene rings is 2. The van der Waals surface area contributed by atoms with E-state index < -0.39 is 0 Å². The van der Waals surface area contributed by atoms with E-state index in [9.17, 15) is 14.4 Å². The predicted molar refractivity (Wildman–Crippen MR) is 124 cm³/mol. The van der Waals surface area contributed by atoms with E-state index in [0.717, 1.165) is 30.5 Å². The van der Waals surface area contributed by atoms with Gasteiger partial charge < -0.3 is 10.6 Å². The fraction of sp³-hybridized carbons (Fsp3) is 0.240. The SMILES string of the molecule is N#Cc1ccccc1Cn1c(N2CCCC(N)C2)ncc(/C=C/c2ccc(F)cc2)c1=O. The zero-order valence-electron chi connectivity index (χ0n) is 17.6. The third-order valence-electron chi connectivity index (χ3n) is 5.58. The first-order chi connectivity index (χ1) is 15.5. The zero-order valence-corrected chi connectivity index (χ0v) is 17.6. The Morgan fingerprint density at radius 2 is 1.97 bits per heavy atom. The highest BCUT2D eigenvalue weighted by Gasteiger charge is 2.22. The van der Waals surface area contributed by atoms with Crippen molar-refractivity contribution in [3.63, 3.8) is 0 Å². The number of halogens is 1. The van der Waals surface area contributed by atoms with Gasteiger partial charge in [0.15, 0.2) is 0 Å². The monoisotopic (exact) mass is 429 g/mol. The Labute approximate surface area is 186 Å². The number of nitriles is 1. The van der Waals surface area contributed by atoms with E-state index in [1.54, 1.807) is 47.2 Å². The number of anilines is 1. The first kappa shape index (κ1) is 21.5. The van der Waals surface area contributed by atoms with Crippen molar-refractivity contribution in [3.05, 3.63) is 93.2 Å². The Bertz CT molecular complexity index is 1230. The summed E-state index contributed by atoms with van der Waals surface area (Å²) in [5, 5.41) is 9.49. The van der Waals surface area contributed by atoms with Gasteiger partial charge in [0, 0.05) is 25.3 Å². The first-order valence-electron chi connectivity index (χ1n) is 10.6. The van der Waals surface area contributed by atoms with Crippen molar-refractivity contribution in [2.45, 2.75) is 25.4 Å². The predicted octanol–water partition coefficient (Wildman–Crippen LogP) is 3.40. The van der Waals surface area contributed by atoms with Crippen LogP contribution in [0.2, 0.25) is 0 Å². The van der Waals surface area contributed by atoms with Gasteiger partial charge in [0.2, 0.25) is 5.95 Å². The number of nitrogens with zero attached hydrogens (tertiary/aromatic N) is 4. The van der Waals surface area contributed by atoms with Gasteiger partial charge in [-0.15, -0.1) is 0 Å². The summed E-state index contributed by atoms with van der Waals surface area (Å²) in [6, 6.07) is 15.5. The summed E-state index contributed by atoms with van der Waals surface area (Å²) in [5.74, 6) is 0.239. The highest BCUT2D eigenvalue weighted by molar-refractivity contribution is 5.69. The molecule has 3 aromatic rings. The maximum atomic E-state index is 13.5. The fourth-order valence-electron chi connectivity index (χ4n) is 3.90. The molecule has 1 aliphatic rings. The molecule has 0 aliphatic carbocycles. The van der Waals surface area contributed by atoms with Crippen LogP contribution in [0.1, 0.15) is 35.1 Å². The van der Waals surface area contributed by atoms with Gasteiger partial charge in [-0.3, -0.25) is 9.36 Å². The highest BCUT2D eigenvalue weighted by Crippen LogP contribution is 2.19. The van der Waals surface area contributed by atoms with Gasteiger partial charge in [0.25, 0.3) is 5.56 Å². The second-order valence-corrected chi connectivity index (χ2v) is 7.91. The topological polar surface area (TPSA) is 87.9 Å². The standard InChI is InChI=1S/C25H24FN5O/c26-22-11-8-18(9-12-22)7-10-20-15-29-25(30-13-3-6-23(28)17-30)31(24(20)32)16-21-5-2-1-4-19(21)14-27/h1-2,4-5,7-12,15,23H,3,6,13,16-17,28H2/b10-7+. The fourth-order valence-corrected chi connectivity index (χ4v) is 3.90. The van der Waals surface area contributed by atoms with E-state index in [1.807, 2.05) is 17.0 Å². The Balaban J connectivity index is 1.75. The molecule has 32 heavy (non-hydrogen) atoms. The van der Waals surface area contributed by atoms with Crippen LogP contribution >= 0.6 is 0 Å². The largest absolute Gasteiger partial charge is 0.341 e. The van der Waals surface area contributed by atoms with Crippen molar-refractivity contribution < 1.29 is 4.39 Å². The Hall–Kier alpha value is -3.76. The molecule has 2 heterocycles. The molecule has 0 spiro atoms. The molecular weight excluding hydrogens is 405 g/mol. The Morgan fingerprint density at radius 1 is 1.19 bits per heavy atom. The van der Waals surface area contributed by atoms with E-state index >= 15 is 0 Å². The van der Waals surface area contributed by atoms with Crippen molar-refractivity contribution in [2.24, 2.45) is 5.73 Å². The number of aromatic nitrogens is 2. The van der Waals surface area contributed by atoms with E-state index in [0.29, 0.717) is 23.6 Å². The molecule has 1 aliphatic heterocycles. The lowest BCUT2D eigenvalue weighted by Crippen LogP contribution is -2.45. The van der Waals surface area contributed by atoms with Crippen LogP contribution < -0.4 is 16.2 Å². The summed E-state index contributed by atoms with van der Waals surface area (Å²) in [7, 11) is 0. The molecule has 2 aromatic carbocycles. The van der Waals surface area contributed by atoms with Crippen LogP contribution in [0, 0.1) is 17.1 Å². The van der Waals surface area contributed by atoms with Crippen molar-refractivity contribution in [1.29, 1.82) is 5.26 Å². The molecule has 4 rings (SSSR count). The third-order valence-corrected chi connectivity index (χ3v) is 5.58. The molecular formula is C25H24FN5O. The summed E-state index contributed by atoms with van der Waals surface area (Å²) < 4.78 is 14.8. The first-order valence-corrected chi connectivity index (χ1v) is 10.6. The summed E-state index contributed by atoms with van der Waals surface area (Å²) in [4.78, 5) is 20.1. The lowest BCUT2D eigenvalue weighted by molar-refractivity contribution is 0.490. The van der Waals surface area contributed by atoms with Crippen LogP contribution in [0.5, 0.6) is 0 Å². The van der Waals surface area contributed by atoms with E-state index in [1.165, 1.54) is 12.1 Å². The molecule has 1 aromatic heterocycles. The van der Waals surface area contributed by atoms with Gasteiger partial charge >= 0.3 is 0 Å². The van der Waals surface area contributed by atoms with E-state index in [4.69, 9.17) is 5.73 Å². The van der Waals surface area contributed by atoms with Gasteiger partial charge in [-0.05, 0) is 48.2 Å². The molecule has 1 unspecified atom stereocenters. The van der Waals surface area contributed by atoms with Crippen molar-refractivity contribution >= 4 is 18.1 Å². The van der Waals surface area contributed by atoms with Gasteiger partial charge in [0.1, 0.15) is 5.82 Å². The molecule has 6 nitrogen and oxygen atoms in total. The molecule has 0 radical (unpaired) electrons. The van der Waals surface area contributed by atoms with Crippen molar-refractivity contribution in [1.82, 2.24) is 9.55 Å². The van der Waals surface area contributed by atoms with Crippen LogP contribution in [0.3, 0.4) is 0 Å². The maximum absolute atomic E-state index is 13.5. The average Bonchev–Trinajstić information content (AvgIpc) is 2.81. The molecule has 1 fully saturated rings. The van der Waals surface area contributed by atoms with Crippen LogP contribution in [-0.2, 0) is 6.54 Å². The molecule has 0 bridgehead atoms. The number of rotatable bonds is 5. The zero-order chi connectivity index (χ0) is 22.5. The second kappa shape index (κ2) is 9.58. The van der Waals surface area contributed by atoms with Crippen LogP contribution in [0.15, 0.2) is 59.5 Å². The lowest BCUT2D eigenvalue weighted by Gasteiger charge is -2.33. The number of hydrogen-bond donors (Lipinski definition) is 1. The third kappa shape index (κ3) is 4.76. The number of nitrogens with two attached hydrogens (primary N) is 1.